The fraction of sp³-hybridized carbons (Fsp3) is 0.633. The zero-order chi connectivity index (χ0) is 25.8. The van der Waals surface area contributed by atoms with Crippen LogP contribution in [0.1, 0.15) is 114 Å². The van der Waals surface area contributed by atoms with Crippen molar-refractivity contribution in [2.24, 2.45) is 11.8 Å². The molecule has 0 radical (unpaired) electrons. The van der Waals surface area contributed by atoms with Gasteiger partial charge in [0.15, 0.2) is 17.5 Å². The molecule has 0 amide bonds. The van der Waals surface area contributed by atoms with Gasteiger partial charge in [0.1, 0.15) is 11.9 Å². The number of carbonyl (C=O) groups excluding carboxylic acids is 1. The van der Waals surface area contributed by atoms with E-state index >= 15 is 8.78 Å². The molecule has 0 saturated heterocycles. The Morgan fingerprint density at radius 2 is 1.42 bits per heavy atom. The fourth-order valence-electron chi connectivity index (χ4n) is 6.37. The van der Waals surface area contributed by atoms with Crippen LogP contribution in [-0.4, -0.2) is 12.1 Å². The Labute approximate surface area is 212 Å². The van der Waals surface area contributed by atoms with Gasteiger partial charge in [-0.2, -0.15) is 0 Å². The Balaban J connectivity index is 1.33. The molecule has 0 heterocycles. The fourth-order valence-corrected chi connectivity index (χ4v) is 6.37. The molecule has 198 valence electrons. The first kappa shape index (κ1) is 26.9. The van der Waals surface area contributed by atoms with Gasteiger partial charge in [0, 0.05) is 5.92 Å². The molecule has 0 spiro atoms. The average molecular weight is 507 g/mol. The molecule has 36 heavy (non-hydrogen) atoms. The SMILES string of the molecule is CCCC1CCC(c2ccc(C3CCC(OC(=O)C4=CCC(CC)C(F)=C4F)CC3)c(F)c2F)CC1. The molecule has 0 bridgehead atoms. The van der Waals surface area contributed by atoms with Crippen LogP contribution in [0.15, 0.2) is 35.4 Å². The molecule has 6 heteroatoms. The molecule has 1 atom stereocenters. The van der Waals surface area contributed by atoms with Gasteiger partial charge in [-0.1, -0.05) is 44.9 Å². The topological polar surface area (TPSA) is 26.3 Å². The van der Waals surface area contributed by atoms with Gasteiger partial charge in [0.2, 0.25) is 0 Å². The summed E-state index contributed by atoms with van der Waals surface area (Å²) in [7, 11) is 0. The van der Waals surface area contributed by atoms with Crippen molar-refractivity contribution >= 4 is 5.97 Å². The maximum absolute atomic E-state index is 15.1. The van der Waals surface area contributed by atoms with Crippen molar-refractivity contribution in [3.63, 3.8) is 0 Å². The van der Waals surface area contributed by atoms with Crippen LogP contribution >= 0.6 is 0 Å². The minimum absolute atomic E-state index is 0.0813. The molecular weight excluding hydrogens is 468 g/mol. The molecule has 2 saturated carbocycles. The number of rotatable bonds is 7. The Hall–Kier alpha value is -2.11. The number of ether oxygens (including phenoxy) is 1. The normalized spacial score (nSPS) is 29.2. The van der Waals surface area contributed by atoms with E-state index in [0.29, 0.717) is 49.1 Å². The lowest BCUT2D eigenvalue weighted by Gasteiger charge is -2.31. The Bertz CT molecular complexity index is 998. The van der Waals surface area contributed by atoms with Gasteiger partial charge in [0.25, 0.3) is 0 Å². The largest absolute Gasteiger partial charge is 0.459 e. The number of hydrogen-bond donors (Lipinski definition) is 0. The van der Waals surface area contributed by atoms with E-state index in [0.717, 1.165) is 32.1 Å². The minimum atomic E-state index is -1.12. The molecule has 1 aromatic rings. The maximum Gasteiger partial charge on any atom is 0.341 e. The summed E-state index contributed by atoms with van der Waals surface area (Å²) in [5.74, 6) is -4.21. The van der Waals surface area contributed by atoms with Gasteiger partial charge in [-0.15, -0.1) is 0 Å². The van der Waals surface area contributed by atoms with E-state index in [1.165, 1.54) is 12.5 Å². The van der Waals surface area contributed by atoms with E-state index < -0.39 is 41.3 Å². The molecule has 2 nitrogen and oxygen atoms in total. The van der Waals surface area contributed by atoms with Crippen LogP contribution in [0.3, 0.4) is 0 Å². The third-order valence-electron chi connectivity index (χ3n) is 8.64. The molecule has 2 fully saturated rings. The molecule has 1 unspecified atom stereocenters. The summed E-state index contributed by atoms with van der Waals surface area (Å²) in [6.07, 6.45) is 10.1. The average Bonchev–Trinajstić information content (AvgIpc) is 2.88. The number of hydrogen-bond acceptors (Lipinski definition) is 2. The predicted octanol–water partition coefficient (Wildman–Crippen LogP) is 9.11. The Morgan fingerprint density at radius 1 is 0.861 bits per heavy atom. The van der Waals surface area contributed by atoms with E-state index in [-0.39, 0.29) is 23.8 Å². The van der Waals surface area contributed by atoms with Gasteiger partial charge < -0.3 is 4.74 Å². The highest BCUT2D eigenvalue weighted by Crippen LogP contribution is 2.42. The smallest absolute Gasteiger partial charge is 0.341 e. The van der Waals surface area contributed by atoms with Crippen LogP contribution in [0.25, 0.3) is 0 Å². The number of halogens is 4. The van der Waals surface area contributed by atoms with Crippen molar-refractivity contribution in [1.29, 1.82) is 0 Å². The summed E-state index contributed by atoms with van der Waals surface area (Å²) < 4.78 is 64.2. The number of allylic oxidation sites excluding steroid dienone is 2. The van der Waals surface area contributed by atoms with Crippen molar-refractivity contribution in [3.8, 4) is 0 Å². The van der Waals surface area contributed by atoms with Crippen molar-refractivity contribution in [3.05, 3.63) is 58.2 Å². The van der Waals surface area contributed by atoms with Crippen molar-refractivity contribution in [2.75, 3.05) is 0 Å². The third kappa shape index (κ3) is 5.73. The lowest BCUT2D eigenvalue weighted by atomic mass is 9.76. The summed E-state index contributed by atoms with van der Waals surface area (Å²) in [6, 6.07) is 3.51. The van der Waals surface area contributed by atoms with E-state index in [9.17, 15) is 13.6 Å². The van der Waals surface area contributed by atoms with Crippen LogP contribution < -0.4 is 0 Å². The molecule has 1 aromatic carbocycles. The van der Waals surface area contributed by atoms with E-state index in [1.54, 1.807) is 19.1 Å². The number of esters is 1. The maximum atomic E-state index is 15.1. The summed E-state index contributed by atoms with van der Waals surface area (Å²) in [4.78, 5) is 12.5. The Morgan fingerprint density at radius 3 is 1.94 bits per heavy atom. The zero-order valence-electron chi connectivity index (χ0n) is 21.4. The van der Waals surface area contributed by atoms with Gasteiger partial charge in [-0.3, -0.25) is 0 Å². The summed E-state index contributed by atoms with van der Waals surface area (Å²) in [5.41, 5.74) is 0.547. The first-order valence-corrected chi connectivity index (χ1v) is 13.8. The van der Waals surface area contributed by atoms with Gasteiger partial charge in [-0.05, 0) is 93.1 Å². The monoisotopic (exact) mass is 506 g/mol. The highest BCUT2D eigenvalue weighted by atomic mass is 19.2. The second kappa shape index (κ2) is 12.0. The predicted molar refractivity (Wildman–Crippen MR) is 133 cm³/mol. The third-order valence-corrected chi connectivity index (χ3v) is 8.64. The molecular formula is C30H38F4O2. The summed E-state index contributed by atoms with van der Waals surface area (Å²) in [5, 5.41) is 0. The van der Waals surface area contributed by atoms with Crippen LogP contribution in [0.5, 0.6) is 0 Å². The lowest BCUT2D eigenvalue weighted by Crippen LogP contribution is -2.26. The second-order valence-electron chi connectivity index (χ2n) is 10.9. The van der Waals surface area contributed by atoms with Crippen LogP contribution in [0, 0.1) is 23.5 Å². The Kier molecular flexibility index (Phi) is 8.95. The van der Waals surface area contributed by atoms with Crippen LogP contribution in [0.4, 0.5) is 17.6 Å². The molecule has 0 aliphatic heterocycles. The zero-order valence-corrected chi connectivity index (χ0v) is 21.4. The molecule has 3 aliphatic carbocycles. The van der Waals surface area contributed by atoms with Gasteiger partial charge >= 0.3 is 5.97 Å². The first-order chi connectivity index (χ1) is 17.3. The van der Waals surface area contributed by atoms with E-state index in [4.69, 9.17) is 4.74 Å². The van der Waals surface area contributed by atoms with Gasteiger partial charge in [-0.25, -0.2) is 22.4 Å². The molecule has 4 rings (SSSR count). The standard InChI is InChI=1S/C30H38F4O2/c1-3-5-18-6-8-20(9-7-18)23-16-17-24(28(33)27(23)32)21-10-13-22(14-11-21)36-30(35)25-15-12-19(4-2)26(31)29(25)34/h15-22H,3-14H2,1-2H3. The quantitative estimate of drug-likeness (QED) is 0.272. The van der Waals surface area contributed by atoms with Crippen molar-refractivity contribution in [1.82, 2.24) is 0 Å². The summed E-state index contributed by atoms with van der Waals surface area (Å²) in [6.45, 7) is 3.96. The number of benzene rings is 1. The van der Waals surface area contributed by atoms with Gasteiger partial charge in [0.05, 0.1) is 5.57 Å². The summed E-state index contributed by atoms with van der Waals surface area (Å²) >= 11 is 0. The lowest BCUT2D eigenvalue weighted by molar-refractivity contribution is -0.145. The van der Waals surface area contributed by atoms with Crippen molar-refractivity contribution < 1.29 is 27.1 Å². The molecule has 3 aliphatic rings. The molecule has 0 N–H and O–H groups in total. The van der Waals surface area contributed by atoms with Crippen molar-refractivity contribution in [2.45, 2.75) is 109 Å². The highest BCUT2D eigenvalue weighted by molar-refractivity contribution is 5.93. The van der Waals surface area contributed by atoms with Crippen LogP contribution in [0.2, 0.25) is 0 Å². The second-order valence-corrected chi connectivity index (χ2v) is 10.9. The highest BCUT2D eigenvalue weighted by Gasteiger charge is 2.33. The number of carbonyl (C=O) groups is 1. The van der Waals surface area contributed by atoms with Crippen LogP contribution in [-0.2, 0) is 9.53 Å². The van der Waals surface area contributed by atoms with E-state index in [2.05, 4.69) is 6.92 Å². The first-order valence-electron chi connectivity index (χ1n) is 13.8. The molecule has 0 aromatic heterocycles. The van der Waals surface area contributed by atoms with E-state index in [1.807, 2.05) is 0 Å². The minimum Gasteiger partial charge on any atom is -0.459 e.